The van der Waals surface area contributed by atoms with Crippen molar-refractivity contribution in [3.63, 3.8) is 0 Å². The maximum absolute atomic E-state index is 12.6. The summed E-state index contributed by atoms with van der Waals surface area (Å²) in [5, 5.41) is 10.1. The van der Waals surface area contributed by atoms with Gasteiger partial charge in [0.1, 0.15) is 0 Å². The Kier molecular flexibility index (Phi) is 5.56. The molecule has 0 atom stereocenters. The molecule has 0 aliphatic rings. The second-order valence-electron chi connectivity index (χ2n) is 6.10. The van der Waals surface area contributed by atoms with Crippen molar-refractivity contribution in [1.82, 2.24) is 9.78 Å². The second kappa shape index (κ2) is 8.06. The molecule has 2 aromatic carbocycles. The molecule has 3 aromatic rings. The zero-order valence-electron chi connectivity index (χ0n) is 15.2. The van der Waals surface area contributed by atoms with Crippen LogP contribution in [0.1, 0.15) is 23.1 Å². The number of halogens is 1. The third-order valence-electron chi connectivity index (χ3n) is 3.86. The van der Waals surface area contributed by atoms with E-state index in [1.165, 1.54) is 17.7 Å². The lowest BCUT2D eigenvalue weighted by molar-refractivity contribution is -0.114. The highest BCUT2D eigenvalue weighted by Gasteiger charge is 2.15. The normalized spacial score (nSPS) is 10.4. The molecule has 0 spiro atoms. The highest BCUT2D eigenvalue weighted by Crippen LogP contribution is 2.16. The summed E-state index contributed by atoms with van der Waals surface area (Å²) in [5.41, 5.74) is 1.63. The third kappa shape index (κ3) is 4.44. The van der Waals surface area contributed by atoms with Crippen LogP contribution < -0.4 is 16.1 Å². The molecule has 0 saturated carbocycles. The van der Waals surface area contributed by atoms with Gasteiger partial charge < -0.3 is 10.6 Å². The Morgan fingerprint density at radius 1 is 0.964 bits per heavy atom. The van der Waals surface area contributed by atoms with Gasteiger partial charge in [0.2, 0.25) is 11.3 Å². The number of amides is 2. The average Bonchev–Trinajstić information content (AvgIpc) is 2.64. The molecule has 0 radical (unpaired) electrons. The van der Waals surface area contributed by atoms with Crippen LogP contribution in [0.3, 0.4) is 0 Å². The fourth-order valence-electron chi connectivity index (χ4n) is 2.58. The van der Waals surface area contributed by atoms with E-state index in [9.17, 15) is 14.4 Å². The van der Waals surface area contributed by atoms with Crippen molar-refractivity contribution in [2.24, 2.45) is 0 Å². The minimum absolute atomic E-state index is 0.191. The van der Waals surface area contributed by atoms with Crippen molar-refractivity contribution < 1.29 is 9.59 Å². The lowest BCUT2D eigenvalue weighted by Crippen LogP contribution is -2.26. The van der Waals surface area contributed by atoms with Crippen LogP contribution in [0.25, 0.3) is 5.69 Å². The Morgan fingerprint density at radius 3 is 2.11 bits per heavy atom. The molecule has 1 aromatic heterocycles. The van der Waals surface area contributed by atoms with E-state index in [2.05, 4.69) is 15.7 Å². The summed E-state index contributed by atoms with van der Waals surface area (Å²) >= 11 is 5.91. The fourth-order valence-corrected chi connectivity index (χ4v) is 2.70. The van der Waals surface area contributed by atoms with Crippen LogP contribution in [0, 0.1) is 6.92 Å². The van der Waals surface area contributed by atoms with E-state index in [1.807, 2.05) is 0 Å². The second-order valence-corrected chi connectivity index (χ2v) is 6.54. The first kappa shape index (κ1) is 19.3. The van der Waals surface area contributed by atoms with Crippen LogP contribution in [0.4, 0.5) is 11.4 Å². The summed E-state index contributed by atoms with van der Waals surface area (Å²) in [6, 6.07) is 14.8. The molecule has 0 unspecified atom stereocenters. The van der Waals surface area contributed by atoms with Crippen LogP contribution in [0.2, 0.25) is 5.02 Å². The van der Waals surface area contributed by atoms with Gasteiger partial charge >= 0.3 is 0 Å². The number of anilines is 2. The maximum Gasteiger partial charge on any atom is 0.280 e. The van der Waals surface area contributed by atoms with Crippen LogP contribution in [-0.2, 0) is 4.79 Å². The first-order valence-corrected chi connectivity index (χ1v) is 8.77. The highest BCUT2D eigenvalue weighted by molar-refractivity contribution is 6.30. The number of nitrogens with zero attached hydrogens (tertiary/aromatic N) is 2. The first-order valence-electron chi connectivity index (χ1n) is 8.39. The number of carbonyl (C=O) groups excluding carboxylic acids is 2. The SMILES string of the molecule is CC(=O)Nc1ccc(NC(=O)c2nn(-c3ccc(Cl)cc3)c(C)cc2=O)cc1. The standard InChI is InChI=1S/C20H17ClN4O3/c1-12-11-18(27)19(24-25(12)17-9-3-14(21)4-10-17)20(28)23-16-7-5-15(6-8-16)22-13(2)26/h3-11H,1-2H3,(H,22,26)(H,23,28). The summed E-state index contributed by atoms with van der Waals surface area (Å²) in [7, 11) is 0. The quantitative estimate of drug-likeness (QED) is 0.706. The van der Waals surface area contributed by atoms with E-state index < -0.39 is 11.3 Å². The van der Waals surface area contributed by atoms with Gasteiger partial charge in [0.05, 0.1) is 5.69 Å². The molecular weight excluding hydrogens is 380 g/mol. The predicted molar refractivity (Wildman–Crippen MR) is 108 cm³/mol. The van der Waals surface area contributed by atoms with Crippen LogP contribution in [0.5, 0.6) is 0 Å². The Morgan fingerprint density at radius 2 is 1.54 bits per heavy atom. The first-order chi connectivity index (χ1) is 13.3. The largest absolute Gasteiger partial charge is 0.326 e. The van der Waals surface area contributed by atoms with Crippen LogP contribution in [-0.4, -0.2) is 21.6 Å². The predicted octanol–water partition coefficient (Wildman–Crippen LogP) is 3.41. The van der Waals surface area contributed by atoms with Gasteiger partial charge in [0, 0.05) is 35.1 Å². The molecule has 8 heteroatoms. The van der Waals surface area contributed by atoms with Gasteiger partial charge in [-0.25, -0.2) is 4.68 Å². The number of aromatic nitrogens is 2. The van der Waals surface area contributed by atoms with Crippen LogP contribution in [0.15, 0.2) is 59.4 Å². The molecule has 0 bridgehead atoms. The van der Waals surface area contributed by atoms with Crippen molar-refractivity contribution in [3.05, 3.63) is 81.2 Å². The monoisotopic (exact) mass is 396 g/mol. The Hall–Kier alpha value is -3.45. The highest BCUT2D eigenvalue weighted by atomic mass is 35.5. The zero-order valence-corrected chi connectivity index (χ0v) is 15.9. The van der Waals surface area contributed by atoms with E-state index >= 15 is 0 Å². The molecule has 1 heterocycles. The van der Waals surface area contributed by atoms with Crippen molar-refractivity contribution in [2.45, 2.75) is 13.8 Å². The van der Waals surface area contributed by atoms with E-state index in [-0.39, 0.29) is 11.6 Å². The summed E-state index contributed by atoms with van der Waals surface area (Å²) in [4.78, 5) is 35.9. The van der Waals surface area contributed by atoms with Gasteiger partial charge in [-0.15, -0.1) is 0 Å². The van der Waals surface area contributed by atoms with Gasteiger partial charge in [-0.05, 0) is 55.5 Å². The lowest BCUT2D eigenvalue weighted by Gasteiger charge is -2.12. The summed E-state index contributed by atoms with van der Waals surface area (Å²) < 4.78 is 1.51. The lowest BCUT2D eigenvalue weighted by atomic mass is 10.2. The van der Waals surface area contributed by atoms with Crippen molar-refractivity contribution >= 4 is 34.8 Å². The minimum atomic E-state index is -0.625. The van der Waals surface area contributed by atoms with E-state index in [0.29, 0.717) is 27.8 Å². The third-order valence-corrected chi connectivity index (χ3v) is 4.11. The number of rotatable bonds is 4. The number of aryl methyl sites for hydroxylation is 1. The molecule has 0 aliphatic heterocycles. The number of carbonyl (C=O) groups is 2. The Labute approximate surface area is 166 Å². The van der Waals surface area contributed by atoms with Gasteiger partial charge in [0.25, 0.3) is 5.91 Å². The molecule has 2 N–H and O–H groups in total. The van der Waals surface area contributed by atoms with Gasteiger partial charge in [-0.1, -0.05) is 11.6 Å². The summed E-state index contributed by atoms with van der Waals surface area (Å²) in [6.07, 6.45) is 0. The maximum atomic E-state index is 12.6. The van der Waals surface area contributed by atoms with Crippen molar-refractivity contribution in [2.75, 3.05) is 10.6 Å². The molecule has 2 amide bonds. The van der Waals surface area contributed by atoms with E-state index in [4.69, 9.17) is 11.6 Å². The number of nitrogens with one attached hydrogen (secondary N) is 2. The fraction of sp³-hybridized carbons (Fsp3) is 0.100. The van der Waals surface area contributed by atoms with Crippen molar-refractivity contribution in [3.8, 4) is 5.69 Å². The molecule has 28 heavy (non-hydrogen) atoms. The topological polar surface area (TPSA) is 93.1 Å². The van der Waals surface area contributed by atoms with Gasteiger partial charge in [-0.2, -0.15) is 5.10 Å². The zero-order chi connectivity index (χ0) is 20.3. The number of hydrogen-bond acceptors (Lipinski definition) is 4. The minimum Gasteiger partial charge on any atom is -0.326 e. The smallest absolute Gasteiger partial charge is 0.280 e. The van der Waals surface area contributed by atoms with E-state index in [1.54, 1.807) is 55.5 Å². The molecule has 142 valence electrons. The average molecular weight is 397 g/mol. The van der Waals surface area contributed by atoms with Gasteiger partial charge in [-0.3, -0.25) is 14.4 Å². The van der Waals surface area contributed by atoms with Crippen molar-refractivity contribution in [1.29, 1.82) is 0 Å². The Bertz CT molecular complexity index is 1090. The summed E-state index contributed by atoms with van der Waals surface area (Å²) in [5.74, 6) is -0.816. The number of benzene rings is 2. The number of hydrogen-bond donors (Lipinski definition) is 2. The summed E-state index contributed by atoms with van der Waals surface area (Å²) in [6.45, 7) is 3.13. The molecule has 0 fully saturated rings. The Balaban J connectivity index is 1.87. The van der Waals surface area contributed by atoms with Gasteiger partial charge in [0.15, 0.2) is 5.69 Å². The van der Waals surface area contributed by atoms with Crippen LogP contribution >= 0.6 is 11.6 Å². The molecule has 0 aliphatic carbocycles. The molecular formula is C20H17ClN4O3. The van der Waals surface area contributed by atoms with E-state index in [0.717, 1.165) is 0 Å². The molecule has 7 nitrogen and oxygen atoms in total. The molecule has 3 rings (SSSR count). The molecule has 0 saturated heterocycles.